The summed E-state index contributed by atoms with van der Waals surface area (Å²) >= 11 is 0. The lowest BCUT2D eigenvalue weighted by molar-refractivity contribution is -0.174. The Labute approximate surface area is 166 Å². The van der Waals surface area contributed by atoms with Gasteiger partial charge in [-0.1, -0.05) is 31.9 Å². The van der Waals surface area contributed by atoms with Gasteiger partial charge in [-0.15, -0.1) is 0 Å². The van der Waals surface area contributed by atoms with Crippen molar-refractivity contribution in [1.29, 1.82) is 0 Å². The maximum absolute atomic E-state index is 13.4. The van der Waals surface area contributed by atoms with E-state index in [1.807, 2.05) is 24.3 Å². The fraction of sp³-hybridized carbons (Fsp3) is 0.652. The quantitative estimate of drug-likeness (QED) is 0.805. The zero-order valence-corrected chi connectivity index (χ0v) is 16.7. The first-order valence-electron chi connectivity index (χ1n) is 10.9. The SMILES string of the molecule is C[C@]12CC[C@H](C[C@@H]1C(=O)N1CCCCCC1)[C@@]1(C2)NC(=O)c2ccccc2O1. The number of carbonyl (C=O) groups is 2. The molecule has 2 aliphatic heterocycles. The van der Waals surface area contributed by atoms with Crippen LogP contribution in [0.1, 0.15) is 68.6 Å². The molecule has 0 unspecified atom stereocenters. The average molecular weight is 383 g/mol. The van der Waals surface area contributed by atoms with Crippen LogP contribution in [0.4, 0.5) is 0 Å². The monoisotopic (exact) mass is 382 g/mol. The summed E-state index contributed by atoms with van der Waals surface area (Å²) in [5.74, 6) is 1.21. The molecule has 5 aliphatic rings. The van der Waals surface area contributed by atoms with Crippen molar-refractivity contribution < 1.29 is 14.3 Å². The number of hydrogen-bond acceptors (Lipinski definition) is 3. The van der Waals surface area contributed by atoms with E-state index in [4.69, 9.17) is 4.74 Å². The number of likely N-dealkylation sites (tertiary alicyclic amines) is 1. The maximum atomic E-state index is 13.4. The van der Waals surface area contributed by atoms with Gasteiger partial charge in [0.05, 0.1) is 5.56 Å². The molecule has 1 aromatic carbocycles. The highest BCUT2D eigenvalue weighted by atomic mass is 16.5. The van der Waals surface area contributed by atoms with Crippen LogP contribution in [0.5, 0.6) is 5.75 Å². The summed E-state index contributed by atoms with van der Waals surface area (Å²) in [4.78, 5) is 28.3. The topological polar surface area (TPSA) is 58.6 Å². The first kappa shape index (κ1) is 18.0. The molecule has 1 N–H and O–H groups in total. The summed E-state index contributed by atoms with van der Waals surface area (Å²) in [7, 11) is 0. The molecule has 28 heavy (non-hydrogen) atoms. The van der Waals surface area contributed by atoms with Crippen molar-refractivity contribution in [3.63, 3.8) is 0 Å². The van der Waals surface area contributed by atoms with Crippen molar-refractivity contribution in [2.24, 2.45) is 17.3 Å². The van der Waals surface area contributed by atoms with Gasteiger partial charge in [0.15, 0.2) is 5.72 Å². The van der Waals surface area contributed by atoms with Crippen molar-refractivity contribution in [3.05, 3.63) is 29.8 Å². The lowest BCUT2D eigenvalue weighted by atomic mass is 9.52. The molecule has 4 atom stereocenters. The minimum atomic E-state index is -0.659. The summed E-state index contributed by atoms with van der Waals surface area (Å²) in [6.07, 6.45) is 8.28. The van der Waals surface area contributed by atoms with E-state index in [2.05, 4.69) is 17.1 Å². The van der Waals surface area contributed by atoms with Crippen molar-refractivity contribution in [1.82, 2.24) is 10.2 Å². The van der Waals surface area contributed by atoms with E-state index in [1.165, 1.54) is 12.8 Å². The van der Waals surface area contributed by atoms with Crippen molar-refractivity contribution in [3.8, 4) is 5.75 Å². The molecule has 1 aromatic rings. The van der Waals surface area contributed by atoms with Gasteiger partial charge in [0, 0.05) is 31.3 Å². The van der Waals surface area contributed by atoms with E-state index in [-0.39, 0.29) is 23.2 Å². The Bertz CT molecular complexity index is 801. The molecule has 2 heterocycles. The van der Waals surface area contributed by atoms with E-state index in [9.17, 15) is 9.59 Å². The highest BCUT2D eigenvalue weighted by Gasteiger charge is 2.62. The summed E-state index contributed by atoms with van der Waals surface area (Å²) in [5, 5.41) is 3.21. The molecule has 150 valence electrons. The van der Waals surface area contributed by atoms with Crippen LogP contribution in [0.25, 0.3) is 0 Å². The van der Waals surface area contributed by atoms with E-state index < -0.39 is 5.72 Å². The average Bonchev–Trinajstić information content (AvgIpc) is 2.96. The molecule has 3 aliphatic carbocycles. The number of carbonyl (C=O) groups excluding carboxylic acids is 2. The third-order valence-corrected chi connectivity index (χ3v) is 7.72. The van der Waals surface area contributed by atoms with Gasteiger partial charge in [-0.05, 0) is 49.7 Å². The van der Waals surface area contributed by atoms with Crippen LogP contribution in [-0.4, -0.2) is 35.5 Å². The number of nitrogens with one attached hydrogen (secondary N) is 1. The van der Waals surface area contributed by atoms with Crippen molar-refractivity contribution in [2.75, 3.05) is 13.1 Å². The fourth-order valence-electron chi connectivity index (χ4n) is 6.14. The zero-order valence-electron chi connectivity index (χ0n) is 16.7. The second-order valence-electron chi connectivity index (χ2n) is 9.54. The highest BCUT2D eigenvalue weighted by Crippen LogP contribution is 2.59. The number of ether oxygens (including phenoxy) is 1. The van der Waals surface area contributed by atoms with E-state index >= 15 is 0 Å². The summed E-state index contributed by atoms with van der Waals surface area (Å²) in [5.41, 5.74) is -0.178. The smallest absolute Gasteiger partial charge is 0.258 e. The lowest BCUT2D eigenvalue weighted by Gasteiger charge is -2.60. The van der Waals surface area contributed by atoms with E-state index in [0.717, 1.165) is 51.6 Å². The molecule has 5 nitrogen and oxygen atoms in total. The number of rotatable bonds is 1. The maximum Gasteiger partial charge on any atom is 0.258 e. The van der Waals surface area contributed by atoms with Gasteiger partial charge in [-0.2, -0.15) is 0 Å². The Morgan fingerprint density at radius 2 is 1.93 bits per heavy atom. The normalized spacial score (nSPS) is 37.0. The molecule has 0 aromatic heterocycles. The molecule has 2 bridgehead atoms. The number of benzene rings is 1. The molecule has 4 fully saturated rings. The summed E-state index contributed by atoms with van der Waals surface area (Å²) in [6.45, 7) is 4.05. The number of nitrogens with zero attached hydrogens (tertiary/aromatic N) is 1. The second kappa shape index (κ2) is 6.50. The van der Waals surface area contributed by atoms with Gasteiger partial charge in [-0.3, -0.25) is 9.59 Å². The number of fused-ring (bicyclic) bond motifs is 3. The Morgan fingerprint density at radius 1 is 1.18 bits per heavy atom. The molecular formula is C23H30N2O3. The largest absolute Gasteiger partial charge is 0.467 e. The number of para-hydroxylation sites is 1. The van der Waals surface area contributed by atoms with Gasteiger partial charge >= 0.3 is 0 Å². The molecule has 3 saturated carbocycles. The van der Waals surface area contributed by atoms with Crippen LogP contribution in [0.15, 0.2) is 24.3 Å². The number of amides is 2. The third kappa shape index (κ3) is 2.73. The molecule has 6 rings (SSSR count). The lowest BCUT2D eigenvalue weighted by Crippen LogP contribution is -2.69. The molecule has 1 spiro atoms. The predicted molar refractivity (Wildman–Crippen MR) is 106 cm³/mol. The van der Waals surface area contributed by atoms with Gasteiger partial charge in [0.25, 0.3) is 5.91 Å². The van der Waals surface area contributed by atoms with Crippen LogP contribution >= 0.6 is 0 Å². The Balaban J connectivity index is 1.41. The molecule has 2 amide bonds. The molecule has 0 radical (unpaired) electrons. The van der Waals surface area contributed by atoms with Gasteiger partial charge < -0.3 is 15.0 Å². The Kier molecular flexibility index (Phi) is 4.18. The predicted octanol–water partition coefficient (Wildman–Crippen LogP) is 3.73. The Hall–Kier alpha value is -2.04. The molecule has 5 heteroatoms. The van der Waals surface area contributed by atoms with Crippen LogP contribution < -0.4 is 10.1 Å². The summed E-state index contributed by atoms with van der Waals surface area (Å²) in [6, 6.07) is 7.48. The van der Waals surface area contributed by atoms with Gasteiger partial charge in [0.1, 0.15) is 5.75 Å². The minimum absolute atomic E-state index is 0.0478. The van der Waals surface area contributed by atoms with Crippen LogP contribution in [-0.2, 0) is 4.79 Å². The van der Waals surface area contributed by atoms with Gasteiger partial charge in [0.2, 0.25) is 5.91 Å². The Morgan fingerprint density at radius 3 is 2.68 bits per heavy atom. The zero-order chi connectivity index (χ0) is 19.4. The van der Waals surface area contributed by atoms with E-state index in [1.54, 1.807) is 0 Å². The second-order valence-corrected chi connectivity index (χ2v) is 9.54. The fourth-order valence-corrected chi connectivity index (χ4v) is 6.14. The third-order valence-electron chi connectivity index (χ3n) is 7.72. The van der Waals surface area contributed by atoms with E-state index in [0.29, 0.717) is 17.2 Å². The first-order chi connectivity index (χ1) is 13.5. The van der Waals surface area contributed by atoms with Crippen LogP contribution in [0.2, 0.25) is 0 Å². The summed E-state index contributed by atoms with van der Waals surface area (Å²) < 4.78 is 6.47. The molecule has 1 saturated heterocycles. The van der Waals surface area contributed by atoms with Crippen molar-refractivity contribution >= 4 is 11.8 Å². The molecular weight excluding hydrogens is 352 g/mol. The standard InChI is InChI=1S/C23H30N2O3/c1-22-11-10-16(14-18(22)21(27)25-12-6-2-3-7-13-25)23(15-22)24-20(26)17-8-4-5-9-19(17)28-23/h4-5,8-9,16,18H,2-3,6-7,10-15H2,1H3,(H,24,26)/t16-,18-,22-,23+/m1/s1. The number of hydrogen-bond donors (Lipinski definition) is 1. The van der Waals surface area contributed by atoms with Gasteiger partial charge in [-0.25, -0.2) is 0 Å². The minimum Gasteiger partial charge on any atom is -0.467 e. The van der Waals surface area contributed by atoms with Crippen LogP contribution in [0, 0.1) is 17.3 Å². The van der Waals surface area contributed by atoms with Crippen LogP contribution in [0.3, 0.4) is 0 Å². The van der Waals surface area contributed by atoms with Crippen molar-refractivity contribution in [2.45, 2.75) is 64.0 Å². The highest BCUT2D eigenvalue weighted by molar-refractivity contribution is 5.98. The first-order valence-corrected chi connectivity index (χ1v) is 10.9.